The molecule has 0 unspecified atom stereocenters. The van der Waals surface area contributed by atoms with Crippen molar-refractivity contribution < 1.29 is 4.42 Å². The molecule has 0 aliphatic heterocycles. The molecule has 13 rings (SSSR count). The van der Waals surface area contributed by atoms with E-state index < -0.39 is 0 Å². The smallest absolute Gasteiger partial charge is 0.143 e. The predicted molar refractivity (Wildman–Crippen MR) is 282 cm³/mol. The predicted octanol–water partition coefficient (Wildman–Crippen LogP) is 18.0. The summed E-state index contributed by atoms with van der Waals surface area (Å²) in [5.41, 5.74) is 17.6. The van der Waals surface area contributed by atoms with Gasteiger partial charge < -0.3 is 13.9 Å². The van der Waals surface area contributed by atoms with E-state index in [0.29, 0.717) is 0 Å². The van der Waals surface area contributed by atoms with Gasteiger partial charge in [-0.1, -0.05) is 194 Å². The molecule has 67 heavy (non-hydrogen) atoms. The Bertz CT molecular complexity index is 3930. The van der Waals surface area contributed by atoms with Crippen LogP contribution in [0.3, 0.4) is 0 Å². The first kappa shape index (κ1) is 38.5. The molecule has 3 heteroatoms. The third-order valence-electron chi connectivity index (χ3n) is 13.4. The maximum atomic E-state index is 6.56. The lowest BCUT2D eigenvalue weighted by Gasteiger charge is -2.27. The zero-order valence-corrected chi connectivity index (χ0v) is 36.6. The Labute approximate surface area is 388 Å². The van der Waals surface area contributed by atoms with Crippen molar-refractivity contribution in [1.29, 1.82) is 0 Å². The Kier molecular flexibility index (Phi) is 9.17. The number of anilines is 3. The molecule has 0 amide bonds. The molecule has 0 aliphatic carbocycles. The monoisotopic (exact) mass is 854 g/mol. The minimum absolute atomic E-state index is 0.893. The van der Waals surface area contributed by atoms with Gasteiger partial charge in [-0.15, -0.1) is 0 Å². The van der Waals surface area contributed by atoms with Crippen molar-refractivity contribution in [2.24, 2.45) is 0 Å². The van der Waals surface area contributed by atoms with Gasteiger partial charge in [0.2, 0.25) is 0 Å². The van der Waals surface area contributed by atoms with E-state index in [4.69, 9.17) is 4.42 Å². The zero-order valence-electron chi connectivity index (χ0n) is 36.6. The molecule has 2 aromatic heterocycles. The minimum atomic E-state index is 0.893. The Morgan fingerprint density at radius 1 is 0.299 bits per heavy atom. The summed E-state index contributed by atoms with van der Waals surface area (Å²) < 4.78 is 9.01. The van der Waals surface area contributed by atoms with Gasteiger partial charge in [0, 0.05) is 49.7 Å². The zero-order chi connectivity index (χ0) is 44.3. The fourth-order valence-electron chi connectivity index (χ4n) is 10.3. The standard InChI is InChI=1S/C64H42N2O/c1-2-16-43(17-3-1)46-36-39-54(62(42-46)66-60-31-9-6-25-56(60)57-26-7-10-32-61(57)66)45-34-37-49(38-35-45)65(50-22-12-20-47(40-50)53-28-14-19-44-18-4-5-24-52(44)53)51-23-13-21-48(41-51)55-29-15-30-59-58-27-8-11-33-63(58)67-64(55)59/h1-42H. The molecule has 0 fully saturated rings. The topological polar surface area (TPSA) is 21.3 Å². The molecule has 2 heterocycles. The van der Waals surface area contributed by atoms with Gasteiger partial charge in [0.15, 0.2) is 0 Å². The number of furan rings is 1. The number of rotatable bonds is 8. The van der Waals surface area contributed by atoms with Gasteiger partial charge in [-0.2, -0.15) is 0 Å². The molecule has 3 nitrogen and oxygen atoms in total. The molecule has 314 valence electrons. The van der Waals surface area contributed by atoms with Gasteiger partial charge in [0.25, 0.3) is 0 Å². The molecule has 11 aromatic carbocycles. The molecule has 0 N–H and O–H groups in total. The number of fused-ring (bicyclic) bond motifs is 7. The lowest BCUT2D eigenvalue weighted by molar-refractivity contribution is 0.670. The number of nitrogens with zero attached hydrogens (tertiary/aromatic N) is 2. The number of aromatic nitrogens is 1. The van der Waals surface area contributed by atoms with E-state index in [9.17, 15) is 0 Å². The molecule has 0 aliphatic rings. The average molecular weight is 855 g/mol. The summed E-state index contributed by atoms with van der Waals surface area (Å²) in [4.78, 5) is 2.38. The molecular formula is C64H42N2O. The second kappa shape index (κ2) is 16.0. The van der Waals surface area contributed by atoms with Crippen LogP contribution in [0.1, 0.15) is 0 Å². The van der Waals surface area contributed by atoms with Gasteiger partial charge in [-0.25, -0.2) is 0 Å². The van der Waals surface area contributed by atoms with Crippen molar-refractivity contribution in [3.63, 3.8) is 0 Å². The number of benzene rings is 11. The van der Waals surface area contributed by atoms with E-state index in [1.165, 1.54) is 49.3 Å². The molecule has 0 radical (unpaired) electrons. The largest absolute Gasteiger partial charge is 0.455 e. The number of hydrogen-bond acceptors (Lipinski definition) is 2. The summed E-state index contributed by atoms with van der Waals surface area (Å²) >= 11 is 0. The third-order valence-corrected chi connectivity index (χ3v) is 13.4. The summed E-state index contributed by atoms with van der Waals surface area (Å²) in [6, 6.07) is 92.0. The van der Waals surface area contributed by atoms with E-state index in [2.05, 4.69) is 252 Å². The molecule has 0 atom stereocenters. The van der Waals surface area contributed by atoms with E-state index in [-0.39, 0.29) is 0 Å². The van der Waals surface area contributed by atoms with Gasteiger partial charge in [-0.3, -0.25) is 0 Å². The molecule has 13 aromatic rings. The quantitative estimate of drug-likeness (QED) is 0.152. The second-order valence-electron chi connectivity index (χ2n) is 17.3. The number of hydrogen-bond donors (Lipinski definition) is 0. The van der Waals surface area contributed by atoms with Crippen LogP contribution in [0, 0.1) is 0 Å². The fourth-order valence-corrected chi connectivity index (χ4v) is 10.3. The Morgan fingerprint density at radius 3 is 1.58 bits per heavy atom. The van der Waals surface area contributed by atoms with Crippen LogP contribution >= 0.6 is 0 Å². The summed E-state index contributed by atoms with van der Waals surface area (Å²) in [5.74, 6) is 0. The van der Waals surface area contributed by atoms with Crippen LogP contribution in [-0.2, 0) is 0 Å². The van der Waals surface area contributed by atoms with Crippen molar-refractivity contribution >= 4 is 71.6 Å². The van der Waals surface area contributed by atoms with Gasteiger partial charge in [0.1, 0.15) is 11.2 Å². The Balaban J connectivity index is 0.981. The highest BCUT2D eigenvalue weighted by molar-refractivity contribution is 6.11. The first-order valence-corrected chi connectivity index (χ1v) is 22.9. The first-order valence-electron chi connectivity index (χ1n) is 22.9. The van der Waals surface area contributed by atoms with Crippen LogP contribution in [0.25, 0.3) is 105 Å². The Morgan fingerprint density at radius 2 is 0.836 bits per heavy atom. The molecule has 0 bridgehead atoms. The molecule has 0 spiro atoms. The average Bonchev–Trinajstić information content (AvgIpc) is 3.95. The molecule has 0 saturated carbocycles. The molecular weight excluding hydrogens is 813 g/mol. The molecule has 0 saturated heterocycles. The normalized spacial score (nSPS) is 11.6. The van der Waals surface area contributed by atoms with Gasteiger partial charge in [0.05, 0.1) is 16.7 Å². The Hall–Kier alpha value is -8.92. The summed E-state index contributed by atoms with van der Waals surface area (Å²) in [5, 5.41) is 7.18. The third kappa shape index (κ3) is 6.59. The summed E-state index contributed by atoms with van der Waals surface area (Å²) in [6.45, 7) is 0. The van der Waals surface area contributed by atoms with E-state index >= 15 is 0 Å². The van der Waals surface area contributed by atoms with E-state index in [1.807, 2.05) is 12.1 Å². The van der Waals surface area contributed by atoms with Crippen LogP contribution in [0.2, 0.25) is 0 Å². The van der Waals surface area contributed by atoms with Crippen LogP contribution in [0.5, 0.6) is 0 Å². The van der Waals surface area contributed by atoms with Crippen molar-refractivity contribution in [2.45, 2.75) is 0 Å². The second-order valence-corrected chi connectivity index (χ2v) is 17.3. The van der Waals surface area contributed by atoms with Crippen molar-refractivity contribution in [1.82, 2.24) is 4.57 Å². The fraction of sp³-hybridized carbons (Fsp3) is 0. The maximum Gasteiger partial charge on any atom is 0.143 e. The summed E-state index contributed by atoms with van der Waals surface area (Å²) in [7, 11) is 0. The van der Waals surface area contributed by atoms with Crippen LogP contribution in [-0.4, -0.2) is 4.57 Å². The lowest BCUT2D eigenvalue weighted by Crippen LogP contribution is -2.10. The first-order chi connectivity index (χ1) is 33.2. The number of para-hydroxylation sites is 4. The van der Waals surface area contributed by atoms with Crippen molar-refractivity contribution in [2.75, 3.05) is 4.90 Å². The van der Waals surface area contributed by atoms with Gasteiger partial charge in [-0.05, 0) is 105 Å². The minimum Gasteiger partial charge on any atom is -0.455 e. The highest BCUT2D eigenvalue weighted by atomic mass is 16.3. The van der Waals surface area contributed by atoms with Crippen LogP contribution in [0.4, 0.5) is 17.1 Å². The highest BCUT2D eigenvalue weighted by Crippen LogP contribution is 2.44. The summed E-state index contributed by atoms with van der Waals surface area (Å²) in [6.07, 6.45) is 0. The van der Waals surface area contributed by atoms with Gasteiger partial charge >= 0.3 is 0 Å². The highest BCUT2D eigenvalue weighted by Gasteiger charge is 2.20. The van der Waals surface area contributed by atoms with Crippen LogP contribution < -0.4 is 4.90 Å². The van der Waals surface area contributed by atoms with Crippen molar-refractivity contribution in [3.8, 4) is 50.2 Å². The van der Waals surface area contributed by atoms with Crippen LogP contribution in [0.15, 0.2) is 259 Å². The van der Waals surface area contributed by atoms with Crippen molar-refractivity contribution in [3.05, 3.63) is 255 Å². The SMILES string of the molecule is c1ccc(-c2ccc(-c3ccc(N(c4cccc(-c5cccc6ccccc56)c4)c4cccc(-c5cccc6c5oc5ccccc56)c4)cc3)c(-n3c4ccccc4c4ccccc43)c2)cc1. The van der Waals surface area contributed by atoms with E-state index in [0.717, 1.165) is 72.5 Å². The maximum absolute atomic E-state index is 6.56. The van der Waals surface area contributed by atoms with E-state index in [1.54, 1.807) is 0 Å². The lowest BCUT2D eigenvalue weighted by atomic mass is 9.96.